The van der Waals surface area contributed by atoms with Crippen LogP contribution in [0.15, 0.2) is 37.0 Å². The zero-order valence-corrected chi connectivity index (χ0v) is 8.78. The highest BCUT2D eigenvalue weighted by Gasteiger charge is 1.82. The van der Waals surface area contributed by atoms with Crippen LogP contribution < -0.4 is 0 Å². The van der Waals surface area contributed by atoms with Crippen molar-refractivity contribution in [1.29, 1.82) is 5.26 Å². The predicted octanol–water partition coefficient (Wildman–Crippen LogP) is 4.15. The first-order valence-electron chi connectivity index (χ1n) is 5.21. The molecule has 0 saturated heterocycles. The monoisotopic (exact) mass is 189 g/mol. The molecule has 0 spiro atoms. The zero-order valence-electron chi connectivity index (χ0n) is 8.78. The molecule has 0 aliphatic heterocycles. The van der Waals surface area contributed by atoms with Gasteiger partial charge in [0.2, 0.25) is 0 Å². The molecule has 0 aliphatic carbocycles. The molecule has 0 aliphatic rings. The molecular weight excluding hydrogens is 170 g/mol. The van der Waals surface area contributed by atoms with Gasteiger partial charge in [0.1, 0.15) is 0 Å². The zero-order chi connectivity index (χ0) is 10.5. The van der Waals surface area contributed by atoms with E-state index in [0.717, 1.165) is 25.7 Å². The van der Waals surface area contributed by atoms with E-state index < -0.39 is 0 Å². The summed E-state index contributed by atoms with van der Waals surface area (Å²) in [4.78, 5) is 0. The van der Waals surface area contributed by atoms with Crippen LogP contribution in [-0.4, -0.2) is 0 Å². The molecule has 1 heteroatoms. The lowest BCUT2D eigenvalue weighted by molar-refractivity contribution is 0.844. The summed E-state index contributed by atoms with van der Waals surface area (Å²) in [5.41, 5.74) is 0. The summed E-state index contributed by atoms with van der Waals surface area (Å²) in [5, 5.41) is 8.30. The van der Waals surface area contributed by atoms with Crippen LogP contribution in [0.25, 0.3) is 0 Å². The molecule has 0 heterocycles. The van der Waals surface area contributed by atoms with E-state index in [0.29, 0.717) is 6.42 Å². The van der Waals surface area contributed by atoms with Crippen LogP contribution in [0.2, 0.25) is 0 Å². The van der Waals surface area contributed by atoms with Gasteiger partial charge in [0.15, 0.2) is 0 Å². The Labute approximate surface area is 87.4 Å². The lowest BCUT2D eigenvalue weighted by Crippen LogP contribution is -1.71. The maximum absolute atomic E-state index is 8.30. The highest BCUT2D eigenvalue weighted by atomic mass is 14.2. The number of hydrogen-bond acceptors (Lipinski definition) is 1. The fourth-order valence-electron chi connectivity index (χ4n) is 1.08. The Morgan fingerprint density at radius 1 is 1.00 bits per heavy atom. The number of unbranched alkanes of at least 4 members (excludes halogenated alkanes) is 4. The van der Waals surface area contributed by atoms with E-state index in [1.807, 2.05) is 6.08 Å². The second-order valence-electron chi connectivity index (χ2n) is 3.12. The number of rotatable bonds is 8. The number of nitriles is 1. The van der Waals surface area contributed by atoms with Crippen LogP contribution in [0.4, 0.5) is 0 Å². The van der Waals surface area contributed by atoms with Gasteiger partial charge < -0.3 is 0 Å². The lowest BCUT2D eigenvalue weighted by Gasteiger charge is -1.90. The first kappa shape index (κ1) is 12.7. The Bertz CT molecular complexity index is 218. The number of allylic oxidation sites excluding steroid dienone is 5. The summed E-state index contributed by atoms with van der Waals surface area (Å²) in [6, 6.07) is 2.14. The molecule has 0 rings (SSSR count). The minimum absolute atomic E-state index is 0.673. The summed E-state index contributed by atoms with van der Waals surface area (Å²) < 4.78 is 0. The average Bonchev–Trinajstić information content (AvgIpc) is 2.21. The van der Waals surface area contributed by atoms with Crippen LogP contribution in [0, 0.1) is 11.3 Å². The fraction of sp³-hybridized carbons (Fsp3) is 0.462. The van der Waals surface area contributed by atoms with Gasteiger partial charge in [-0.2, -0.15) is 5.26 Å². The quantitative estimate of drug-likeness (QED) is 0.319. The van der Waals surface area contributed by atoms with Crippen molar-refractivity contribution in [2.75, 3.05) is 0 Å². The van der Waals surface area contributed by atoms with Gasteiger partial charge in [0.05, 0.1) is 6.07 Å². The van der Waals surface area contributed by atoms with Crippen molar-refractivity contribution in [2.24, 2.45) is 0 Å². The highest BCUT2D eigenvalue weighted by molar-refractivity contribution is 4.97. The van der Waals surface area contributed by atoms with Gasteiger partial charge >= 0.3 is 0 Å². The second-order valence-corrected chi connectivity index (χ2v) is 3.12. The molecule has 0 aromatic heterocycles. The Hall–Kier alpha value is -1.29. The molecule has 0 aromatic rings. The number of hydrogen-bond donors (Lipinski definition) is 0. The van der Waals surface area contributed by atoms with Crippen molar-refractivity contribution in [2.45, 2.75) is 38.5 Å². The molecular formula is C13H19N. The Kier molecular flexibility index (Phi) is 10.6. The third kappa shape index (κ3) is 10.7. The minimum atomic E-state index is 0.673. The standard InChI is InChI=1S/C13H19N/c1-2-3-4-5-6-7-8-9-10-11-12-13-14/h2-4,8-9H,1,5-7,10-12H2/b4-3+,9-8+. The lowest BCUT2D eigenvalue weighted by atomic mass is 10.2. The van der Waals surface area contributed by atoms with Gasteiger partial charge in [-0.05, 0) is 32.1 Å². The predicted molar refractivity (Wildman–Crippen MR) is 61.8 cm³/mol. The van der Waals surface area contributed by atoms with E-state index in [9.17, 15) is 0 Å². The maximum atomic E-state index is 8.30. The molecule has 0 N–H and O–H groups in total. The first-order valence-corrected chi connectivity index (χ1v) is 5.21. The molecule has 76 valence electrons. The van der Waals surface area contributed by atoms with E-state index in [2.05, 4.69) is 30.9 Å². The molecule has 14 heavy (non-hydrogen) atoms. The Morgan fingerprint density at radius 3 is 2.29 bits per heavy atom. The molecule has 0 fully saturated rings. The van der Waals surface area contributed by atoms with Crippen LogP contribution in [0.5, 0.6) is 0 Å². The van der Waals surface area contributed by atoms with Crippen molar-refractivity contribution < 1.29 is 0 Å². The van der Waals surface area contributed by atoms with Gasteiger partial charge in [-0.15, -0.1) is 0 Å². The van der Waals surface area contributed by atoms with Gasteiger partial charge in [0, 0.05) is 6.42 Å². The van der Waals surface area contributed by atoms with Crippen molar-refractivity contribution in [3.63, 3.8) is 0 Å². The molecule has 0 atom stereocenters. The van der Waals surface area contributed by atoms with Crippen molar-refractivity contribution in [1.82, 2.24) is 0 Å². The largest absolute Gasteiger partial charge is 0.198 e. The van der Waals surface area contributed by atoms with Crippen LogP contribution in [-0.2, 0) is 0 Å². The first-order chi connectivity index (χ1) is 6.91. The smallest absolute Gasteiger partial charge is 0.0621 e. The average molecular weight is 189 g/mol. The fourth-order valence-corrected chi connectivity index (χ4v) is 1.08. The van der Waals surface area contributed by atoms with Gasteiger partial charge in [-0.25, -0.2) is 0 Å². The Morgan fingerprint density at radius 2 is 1.64 bits per heavy atom. The van der Waals surface area contributed by atoms with Gasteiger partial charge in [-0.1, -0.05) is 37.0 Å². The maximum Gasteiger partial charge on any atom is 0.0621 e. The molecule has 0 saturated carbocycles. The number of nitrogens with zero attached hydrogens (tertiary/aromatic N) is 1. The normalized spacial score (nSPS) is 10.8. The molecule has 1 nitrogen and oxygen atoms in total. The van der Waals surface area contributed by atoms with Gasteiger partial charge in [-0.3, -0.25) is 0 Å². The van der Waals surface area contributed by atoms with E-state index >= 15 is 0 Å². The topological polar surface area (TPSA) is 23.8 Å². The summed E-state index contributed by atoms with van der Waals surface area (Å²) in [6.07, 6.45) is 16.5. The third-order valence-corrected chi connectivity index (χ3v) is 1.84. The van der Waals surface area contributed by atoms with E-state index in [-0.39, 0.29) is 0 Å². The summed E-state index contributed by atoms with van der Waals surface area (Å²) >= 11 is 0. The third-order valence-electron chi connectivity index (χ3n) is 1.84. The molecule has 0 bridgehead atoms. The molecule has 0 aromatic carbocycles. The Balaban J connectivity index is 3.15. The van der Waals surface area contributed by atoms with Crippen LogP contribution >= 0.6 is 0 Å². The van der Waals surface area contributed by atoms with E-state index in [1.54, 1.807) is 6.08 Å². The van der Waals surface area contributed by atoms with Crippen LogP contribution in [0.1, 0.15) is 38.5 Å². The molecule has 0 amide bonds. The summed E-state index contributed by atoms with van der Waals surface area (Å²) in [5.74, 6) is 0. The minimum Gasteiger partial charge on any atom is -0.198 e. The second kappa shape index (κ2) is 11.7. The van der Waals surface area contributed by atoms with E-state index in [4.69, 9.17) is 5.26 Å². The van der Waals surface area contributed by atoms with Gasteiger partial charge in [0.25, 0.3) is 0 Å². The SMILES string of the molecule is C=C/C=C/CCC/C=C/CCCC#N. The van der Waals surface area contributed by atoms with Crippen LogP contribution in [0.3, 0.4) is 0 Å². The van der Waals surface area contributed by atoms with Crippen molar-refractivity contribution >= 4 is 0 Å². The van der Waals surface area contributed by atoms with E-state index in [1.165, 1.54) is 6.42 Å². The van der Waals surface area contributed by atoms with Crippen molar-refractivity contribution in [3.8, 4) is 6.07 Å². The molecule has 0 unspecified atom stereocenters. The summed E-state index contributed by atoms with van der Waals surface area (Å²) in [6.45, 7) is 3.61. The molecule has 0 radical (unpaired) electrons. The van der Waals surface area contributed by atoms with Crippen molar-refractivity contribution in [3.05, 3.63) is 37.0 Å². The summed E-state index contributed by atoms with van der Waals surface area (Å²) in [7, 11) is 0. The highest BCUT2D eigenvalue weighted by Crippen LogP contribution is 2.01.